The predicted molar refractivity (Wildman–Crippen MR) is 52.8 cm³/mol. The van der Waals surface area contributed by atoms with Crippen molar-refractivity contribution in [3.8, 4) is 0 Å². The number of carbonyl (C=O) groups excluding carboxylic acids is 2. The highest BCUT2D eigenvalue weighted by Crippen LogP contribution is 2.15. The SMILES string of the molecule is CC(=O)C(C(C)=O)c1ncc([N+](=O)[O-])cn1. The van der Waals surface area contributed by atoms with Crippen LogP contribution in [0, 0.1) is 10.1 Å². The molecule has 0 aliphatic heterocycles. The molecule has 16 heavy (non-hydrogen) atoms. The van der Waals surface area contributed by atoms with E-state index in [2.05, 4.69) is 9.97 Å². The van der Waals surface area contributed by atoms with E-state index in [-0.39, 0.29) is 23.1 Å². The second kappa shape index (κ2) is 4.56. The Balaban J connectivity index is 3.08. The summed E-state index contributed by atoms with van der Waals surface area (Å²) in [5, 5.41) is 10.3. The lowest BCUT2D eigenvalue weighted by Crippen LogP contribution is -2.19. The van der Waals surface area contributed by atoms with E-state index in [4.69, 9.17) is 0 Å². The number of hydrogen-bond acceptors (Lipinski definition) is 6. The van der Waals surface area contributed by atoms with Crippen LogP contribution in [-0.4, -0.2) is 26.5 Å². The van der Waals surface area contributed by atoms with Crippen molar-refractivity contribution in [3.05, 3.63) is 28.3 Å². The first-order valence-corrected chi connectivity index (χ1v) is 4.40. The highest BCUT2D eigenvalue weighted by atomic mass is 16.6. The molecule has 0 spiro atoms. The van der Waals surface area contributed by atoms with Gasteiger partial charge >= 0.3 is 5.69 Å². The zero-order valence-electron chi connectivity index (χ0n) is 8.71. The summed E-state index contributed by atoms with van der Waals surface area (Å²) >= 11 is 0. The van der Waals surface area contributed by atoms with Crippen molar-refractivity contribution in [2.45, 2.75) is 19.8 Å². The monoisotopic (exact) mass is 223 g/mol. The lowest BCUT2D eigenvalue weighted by atomic mass is 10.0. The molecule has 0 aromatic carbocycles. The van der Waals surface area contributed by atoms with E-state index in [1.165, 1.54) is 13.8 Å². The summed E-state index contributed by atoms with van der Waals surface area (Å²) in [4.78, 5) is 39.3. The van der Waals surface area contributed by atoms with Gasteiger partial charge in [0.05, 0.1) is 4.92 Å². The third kappa shape index (κ3) is 2.44. The molecular formula is C9H9N3O4. The fourth-order valence-electron chi connectivity index (χ4n) is 1.22. The Morgan fingerprint density at radius 1 is 1.25 bits per heavy atom. The molecule has 0 N–H and O–H groups in total. The number of carbonyl (C=O) groups is 2. The maximum Gasteiger partial charge on any atom is 0.305 e. The first kappa shape index (κ1) is 11.9. The molecule has 7 heteroatoms. The van der Waals surface area contributed by atoms with Crippen molar-refractivity contribution in [1.29, 1.82) is 0 Å². The van der Waals surface area contributed by atoms with E-state index in [0.717, 1.165) is 12.4 Å². The third-order valence-electron chi connectivity index (χ3n) is 1.94. The van der Waals surface area contributed by atoms with Gasteiger partial charge in [0.2, 0.25) is 0 Å². The quantitative estimate of drug-likeness (QED) is 0.421. The van der Waals surface area contributed by atoms with Gasteiger partial charge in [-0.3, -0.25) is 19.7 Å². The number of aromatic nitrogens is 2. The molecule has 0 bridgehead atoms. The fraction of sp³-hybridized carbons (Fsp3) is 0.333. The van der Waals surface area contributed by atoms with Gasteiger partial charge in [0.1, 0.15) is 35.7 Å². The van der Waals surface area contributed by atoms with Crippen LogP contribution in [0.15, 0.2) is 12.4 Å². The molecule has 1 aromatic rings. The molecule has 1 aromatic heterocycles. The minimum atomic E-state index is -1.04. The Morgan fingerprint density at radius 2 is 1.69 bits per heavy atom. The second-order valence-electron chi connectivity index (χ2n) is 3.21. The van der Waals surface area contributed by atoms with Crippen LogP contribution in [0.3, 0.4) is 0 Å². The molecule has 0 amide bonds. The van der Waals surface area contributed by atoms with Crippen molar-refractivity contribution in [2.75, 3.05) is 0 Å². The Bertz CT molecular complexity index is 427. The first-order valence-electron chi connectivity index (χ1n) is 4.40. The summed E-state index contributed by atoms with van der Waals surface area (Å²) in [5.74, 6) is -1.82. The molecule has 0 saturated heterocycles. The molecule has 0 saturated carbocycles. The van der Waals surface area contributed by atoms with Gasteiger partial charge in [-0.25, -0.2) is 9.97 Å². The topological polar surface area (TPSA) is 103 Å². The van der Waals surface area contributed by atoms with Crippen LogP contribution < -0.4 is 0 Å². The minimum absolute atomic E-state index is 0.00870. The number of hydrogen-bond donors (Lipinski definition) is 0. The van der Waals surface area contributed by atoms with Crippen molar-refractivity contribution in [3.63, 3.8) is 0 Å². The molecule has 1 rings (SSSR count). The zero-order chi connectivity index (χ0) is 12.3. The number of rotatable bonds is 4. The third-order valence-corrected chi connectivity index (χ3v) is 1.94. The standard InChI is InChI=1S/C9H9N3O4/c1-5(13)8(6(2)14)9-10-3-7(4-11-9)12(15)16/h3-4,8H,1-2H3. The average Bonchev–Trinajstić information content (AvgIpc) is 2.17. The van der Waals surface area contributed by atoms with Crippen LogP contribution in [0.4, 0.5) is 5.69 Å². The van der Waals surface area contributed by atoms with E-state index in [1.54, 1.807) is 0 Å². The van der Waals surface area contributed by atoms with Crippen molar-refractivity contribution < 1.29 is 14.5 Å². The number of nitrogens with zero attached hydrogens (tertiary/aromatic N) is 3. The van der Waals surface area contributed by atoms with Crippen LogP contribution in [0.2, 0.25) is 0 Å². The number of ketones is 2. The van der Waals surface area contributed by atoms with Gasteiger partial charge in [0, 0.05) is 0 Å². The van der Waals surface area contributed by atoms with Crippen LogP contribution in [0.25, 0.3) is 0 Å². The van der Waals surface area contributed by atoms with Crippen LogP contribution in [0.5, 0.6) is 0 Å². The Morgan fingerprint density at radius 3 is 2.00 bits per heavy atom. The normalized spacial score (nSPS) is 10.2. The lowest BCUT2D eigenvalue weighted by Gasteiger charge is -2.07. The largest absolute Gasteiger partial charge is 0.305 e. The van der Waals surface area contributed by atoms with E-state index in [0.29, 0.717) is 0 Å². The molecular weight excluding hydrogens is 214 g/mol. The number of nitro groups is 1. The van der Waals surface area contributed by atoms with Gasteiger partial charge in [-0.1, -0.05) is 0 Å². The van der Waals surface area contributed by atoms with Gasteiger partial charge in [-0.15, -0.1) is 0 Å². The van der Waals surface area contributed by atoms with Crippen LogP contribution in [0.1, 0.15) is 25.6 Å². The van der Waals surface area contributed by atoms with Gasteiger partial charge in [0.25, 0.3) is 0 Å². The van der Waals surface area contributed by atoms with E-state index >= 15 is 0 Å². The average molecular weight is 223 g/mol. The van der Waals surface area contributed by atoms with Gasteiger partial charge in [0.15, 0.2) is 0 Å². The minimum Gasteiger partial charge on any atom is -0.299 e. The maximum absolute atomic E-state index is 11.2. The summed E-state index contributed by atoms with van der Waals surface area (Å²) in [6, 6.07) is 0. The molecule has 0 unspecified atom stereocenters. The van der Waals surface area contributed by atoms with E-state index in [9.17, 15) is 19.7 Å². The molecule has 0 radical (unpaired) electrons. The summed E-state index contributed by atoms with van der Waals surface area (Å²) in [6.45, 7) is 2.49. The van der Waals surface area contributed by atoms with Crippen molar-refractivity contribution in [1.82, 2.24) is 9.97 Å². The summed E-state index contributed by atoms with van der Waals surface area (Å²) < 4.78 is 0. The van der Waals surface area contributed by atoms with E-state index < -0.39 is 10.8 Å². The summed E-state index contributed by atoms with van der Waals surface area (Å²) in [7, 11) is 0. The number of Topliss-reactive ketones (excluding diaryl/α,β-unsaturated/α-hetero) is 2. The molecule has 0 fully saturated rings. The Hall–Kier alpha value is -2.18. The highest BCUT2D eigenvalue weighted by Gasteiger charge is 2.25. The fourth-order valence-corrected chi connectivity index (χ4v) is 1.22. The summed E-state index contributed by atoms with van der Waals surface area (Å²) in [6.07, 6.45) is 1.95. The second-order valence-corrected chi connectivity index (χ2v) is 3.21. The molecule has 1 heterocycles. The Labute approximate surface area is 90.7 Å². The van der Waals surface area contributed by atoms with Gasteiger partial charge in [-0.05, 0) is 13.8 Å². The molecule has 7 nitrogen and oxygen atoms in total. The zero-order valence-corrected chi connectivity index (χ0v) is 8.71. The molecule has 0 aliphatic carbocycles. The molecule has 0 atom stereocenters. The van der Waals surface area contributed by atoms with Crippen molar-refractivity contribution in [2.24, 2.45) is 0 Å². The van der Waals surface area contributed by atoms with E-state index in [1.807, 2.05) is 0 Å². The van der Waals surface area contributed by atoms with Crippen LogP contribution >= 0.6 is 0 Å². The van der Waals surface area contributed by atoms with Crippen molar-refractivity contribution >= 4 is 17.3 Å². The van der Waals surface area contributed by atoms with Gasteiger partial charge in [-0.2, -0.15) is 0 Å². The summed E-state index contributed by atoms with van der Waals surface area (Å²) in [5.41, 5.74) is -0.283. The van der Waals surface area contributed by atoms with Gasteiger partial charge < -0.3 is 0 Å². The highest BCUT2D eigenvalue weighted by molar-refractivity contribution is 6.04. The smallest absolute Gasteiger partial charge is 0.299 e. The predicted octanol–water partition coefficient (Wildman–Crippen LogP) is 0.646. The lowest BCUT2D eigenvalue weighted by molar-refractivity contribution is -0.385. The molecule has 84 valence electrons. The first-order chi connectivity index (χ1) is 7.43. The van der Waals surface area contributed by atoms with Crippen LogP contribution in [-0.2, 0) is 9.59 Å². The Kier molecular flexibility index (Phi) is 3.39. The molecule has 0 aliphatic rings. The maximum atomic E-state index is 11.2.